The molecule has 8 nitrogen and oxygen atoms in total. The van der Waals surface area contributed by atoms with E-state index in [2.05, 4.69) is 26.0 Å². The number of carbonyl (C=O) groups excluding carboxylic acids is 1. The Bertz CT molecular complexity index is 758. The Kier molecular flexibility index (Phi) is 3.19. The van der Waals surface area contributed by atoms with Crippen molar-refractivity contribution < 1.29 is 9.32 Å². The molecule has 1 N–H and O–H groups in total. The van der Waals surface area contributed by atoms with Gasteiger partial charge in [-0.25, -0.2) is 4.68 Å². The normalized spacial score (nSPS) is 10.6. The van der Waals surface area contributed by atoms with Gasteiger partial charge < -0.3 is 9.84 Å². The van der Waals surface area contributed by atoms with Crippen molar-refractivity contribution in [3.05, 3.63) is 47.6 Å². The maximum atomic E-state index is 12.3. The van der Waals surface area contributed by atoms with Crippen LogP contribution in [0.2, 0.25) is 0 Å². The van der Waals surface area contributed by atoms with E-state index in [9.17, 15) is 4.79 Å². The van der Waals surface area contributed by atoms with Gasteiger partial charge in [0.25, 0.3) is 5.91 Å². The number of anilines is 1. The highest BCUT2D eigenvalue weighted by atomic mass is 16.5. The Hall–Kier alpha value is -3.03. The SMILES string of the molecule is Cc1noc(C)c1C(=O)Nc1cccc(-n2cnnn2)c1. The first-order valence-electron chi connectivity index (χ1n) is 6.23. The summed E-state index contributed by atoms with van der Waals surface area (Å²) < 4.78 is 6.50. The molecule has 0 aliphatic rings. The van der Waals surface area contributed by atoms with Crippen LogP contribution in [-0.2, 0) is 0 Å². The van der Waals surface area contributed by atoms with Gasteiger partial charge in [0.05, 0.1) is 11.4 Å². The van der Waals surface area contributed by atoms with Gasteiger partial charge in [-0.05, 0) is 42.5 Å². The van der Waals surface area contributed by atoms with E-state index in [1.54, 1.807) is 32.0 Å². The van der Waals surface area contributed by atoms with E-state index in [1.807, 2.05) is 6.07 Å². The molecule has 8 heteroatoms. The number of hydrogen-bond donors (Lipinski definition) is 1. The van der Waals surface area contributed by atoms with Crippen molar-refractivity contribution in [1.29, 1.82) is 0 Å². The fourth-order valence-corrected chi connectivity index (χ4v) is 2.01. The molecule has 0 unspecified atom stereocenters. The van der Waals surface area contributed by atoms with E-state index in [0.29, 0.717) is 22.7 Å². The molecule has 106 valence electrons. The number of aryl methyl sites for hydroxylation is 2. The van der Waals surface area contributed by atoms with Gasteiger partial charge in [-0.2, -0.15) is 0 Å². The van der Waals surface area contributed by atoms with Gasteiger partial charge in [0.2, 0.25) is 0 Å². The van der Waals surface area contributed by atoms with Crippen molar-refractivity contribution in [2.45, 2.75) is 13.8 Å². The summed E-state index contributed by atoms with van der Waals surface area (Å²) in [6, 6.07) is 7.19. The van der Waals surface area contributed by atoms with Crippen LogP contribution in [0.3, 0.4) is 0 Å². The van der Waals surface area contributed by atoms with Crippen LogP contribution in [0.15, 0.2) is 35.1 Å². The van der Waals surface area contributed by atoms with E-state index >= 15 is 0 Å². The fourth-order valence-electron chi connectivity index (χ4n) is 2.01. The van der Waals surface area contributed by atoms with Gasteiger partial charge in [-0.3, -0.25) is 4.79 Å². The van der Waals surface area contributed by atoms with Gasteiger partial charge in [-0.15, -0.1) is 5.10 Å². The third-order valence-corrected chi connectivity index (χ3v) is 2.98. The maximum Gasteiger partial charge on any atom is 0.261 e. The van der Waals surface area contributed by atoms with Crippen molar-refractivity contribution in [2.75, 3.05) is 5.32 Å². The standard InChI is InChI=1S/C13H12N6O2/c1-8-12(9(2)21-16-8)13(20)15-10-4-3-5-11(6-10)19-7-14-17-18-19/h3-7H,1-2H3,(H,15,20). The second-order valence-electron chi connectivity index (χ2n) is 4.46. The third kappa shape index (κ3) is 2.50. The number of carbonyl (C=O) groups is 1. The molecular weight excluding hydrogens is 272 g/mol. The number of benzene rings is 1. The molecule has 3 rings (SSSR count). The summed E-state index contributed by atoms with van der Waals surface area (Å²) in [6.07, 6.45) is 1.48. The quantitative estimate of drug-likeness (QED) is 0.782. The molecule has 0 fully saturated rings. The van der Waals surface area contributed by atoms with Gasteiger partial charge in [0.1, 0.15) is 17.7 Å². The van der Waals surface area contributed by atoms with Gasteiger partial charge in [-0.1, -0.05) is 11.2 Å². The maximum absolute atomic E-state index is 12.3. The summed E-state index contributed by atoms with van der Waals surface area (Å²) in [5, 5.41) is 17.5. The smallest absolute Gasteiger partial charge is 0.261 e. The lowest BCUT2D eigenvalue weighted by Crippen LogP contribution is -2.13. The molecule has 0 saturated heterocycles. The highest BCUT2D eigenvalue weighted by Gasteiger charge is 2.17. The van der Waals surface area contributed by atoms with E-state index in [1.165, 1.54) is 11.0 Å². The number of tetrazole rings is 1. The lowest BCUT2D eigenvalue weighted by atomic mass is 10.2. The second-order valence-corrected chi connectivity index (χ2v) is 4.46. The minimum atomic E-state index is -0.264. The molecule has 1 aromatic carbocycles. The van der Waals surface area contributed by atoms with Crippen molar-refractivity contribution in [3.8, 4) is 5.69 Å². The summed E-state index contributed by atoms with van der Waals surface area (Å²) in [4.78, 5) is 12.3. The van der Waals surface area contributed by atoms with Crippen molar-refractivity contribution >= 4 is 11.6 Å². The number of rotatable bonds is 3. The number of nitrogens with zero attached hydrogens (tertiary/aromatic N) is 5. The van der Waals surface area contributed by atoms with Gasteiger partial charge in [0, 0.05) is 5.69 Å². The van der Waals surface area contributed by atoms with E-state index in [4.69, 9.17) is 4.52 Å². The lowest BCUT2D eigenvalue weighted by molar-refractivity contribution is 0.102. The van der Waals surface area contributed by atoms with Gasteiger partial charge in [0.15, 0.2) is 0 Å². The molecule has 0 aliphatic heterocycles. The molecule has 0 spiro atoms. The fraction of sp³-hybridized carbons (Fsp3) is 0.154. The van der Waals surface area contributed by atoms with Crippen LogP contribution in [0, 0.1) is 13.8 Å². The zero-order chi connectivity index (χ0) is 14.8. The number of aromatic nitrogens is 5. The highest BCUT2D eigenvalue weighted by molar-refractivity contribution is 6.05. The predicted molar refractivity (Wildman–Crippen MR) is 73.1 cm³/mol. The predicted octanol–water partition coefficient (Wildman–Crippen LogP) is 1.52. The zero-order valence-corrected chi connectivity index (χ0v) is 11.4. The molecule has 0 bridgehead atoms. The minimum Gasteiger partial charge on any atom is -0.361 e. The summed E-state index contributed by atoms with van der Waals surface area (Å²) in [5.41, 5.74) is 2.38. The number of amides is 1. The molecule has 1 amide bonds. The third-order valence-electron chi connectivity index (χ3n) is 2.98. The lowest BCUT2D eigenvalue weighted by Gasteiger charge is -2.06. The minimum absolute atomic E-state index is 0.264. The van der Waals surface area contributed by atoms with Crippen LogP contribution < -0.4 is 5.32 Å². The van der Waals surface area contributed by atoms with E-state index in [-0.39, 0.29) is 5.91 Å². The Labute approximate surface area is 119 Å². The van der Waals surface area contributed by atoms with E-state index < -0.39 is 0 Å². The molecule has 0 aliphatic carbocycles. The Morgan fingerprint density at radius 1 is 1.33 bits per heavy atom. The Balaban J connectivity index is 1.86. The van der Waals surface area contributed by atoms with Crippen LogP contribution in [0.4, 0.5) is 5.69 Å². The highest BCUT2D eigenvalue weighted by Crippen LogP contribution is 2.17. The second kappa shape index (κ2) is 5.16. The van der Waals surface area contributed by atoms with Crippen LogP contribution in [0.1, 0.15) is 21.8 Å². The topological polar surface area (TPSA) is 98.7 Å². The Morgan fingerprint density at radius 3 is 2.86 bits per heavy atom. The van der Waals surface area contributed by atoms with Crippen molar-refractivity contribution in [1.82, 2.24) is 25.4 Å². The first-order valence-corrected chi connectivity index (χ1v) is 6.23. The summed E-state index contributed by atoms with van der Waals surface area (Å²) in [7, 11) is 0. The van der Waals surface area contributed by atoms with Crippen LogP contribution >= 0.6 is 0 Å². The Morgan fingerprint density at radius 2 is 2.19 bits per heavy atom. The summed E-state index contributed by atoms with van der Waals surface area (Å²) >= 11 is 0. The molecule has 3 aromatic rings. The largest absolute Gasteiger partial charge is 0.361 e. The molecule has 0 saturated carbocycles. The number of nitrogens with one attached hydrogen (secondary N) is 1. The number of hydrogen-bond acceptors (Lipinski definition) is 6. The van der Waals surface area contributed by atoms with Crippen LogP contribution in [0.25, 0.3) is 5.69 Å². The molecular formula is C13H12N6O2. The summed E-state index contributed by atoms with van der Waals surface area (Å²) in [6.45, 7) is 3.43. The van der Waals surface area contributed by atoms with Crippen molar-refractivity contribution in [3.63, 3.8) is 0 Å². The molecule has 2 heterocycles. The molecule has 0 atom stereocenters. The molecule has 2 aromatic heterocycles. The first-order chi connectivity index (χ1) is 10.1. The van der Waals surface area contributed by atoms with Crippen molar-refractivity contribution in [2.24, 2.45) is 0 Å². The summed E-state index contributed by atoms with van der Waals surface area (Å²) in [5.74, 6) is 0.224. The van der Waals surface area contributed by atoms with Crippen LogP contribution in [-0.4, -0.2) is 31.3 Å². The first kappa shape index (κ1) is 13.0. The van der Waals surface area contributed by atoms with Crippen LogP contribution in [0.5, 0.6) is 0 Å². The van der Waals surface area contributed by atoms with E-state index in [0.717, 1.165) is 5.69 Å². The molecule has 0 radical (unpaired) electrons. The van der Waals surface area contributed by atoms with Gasteiger partial charge >= 0.3 is 0 Å². The zero-order valence-electron chi connectivity index (χ0n) is 11.4. The monoisotopic (exact) mass is 284 g/mol. The molecule has 21 heavy (non-hydrogen) atoms. The average molecular weight is 284 g/mol. The average Bonchev–Trinajstić information content (AvgIpc) is 3.09.